The van der Waals surface area contributed by atoms with Crippen molar-refractivity contribution >= 4 is 41.0 Å². The minimum absolute atomic E-state index is 0.468. The number of nitrogens with zero attached hydrogens (tertiary/aromatic N) is 1. The second-order valence-electron chi connectivity index (χ2n) is 4.46. The number of thiocarbonyl (C=S) groups is 1. The van der Waals surface area contributed by atoms with E-state index in [0.717, 1.165) is 11.3 Å². The van der Waals surface area contributed by atoms with Gasteiger partial charge in [0.05, 0.1) is 6.21 Å². The second kappa shape index (κ2) is 7.81. The molecule has 0 aromatic heterocycles. The average molecular weight is 315 g/mol. The minimum Gasteiger partial charge on any atom is -0.331 e. The summed E-state index contributed by atoms with van der Waals surface area (Å²) in [7, 11) is 0. The van der Waals surface area contributed by atoms with Crippen molar-refractivity contribution in [1.82, 2.24) is 5.43 Å². The Kier molecular flexibility index (Phi) is 5.78. The van der Waals surface area contributed by atoms with Gasteiger partial charge in [0.1, 0.15) is 0 Å². The van der Waals surface area contributed by atoms with Gasteiger partial charge in [-0.25, -0.2) is 0 Å². The molecular formula is C16H17N3S2. The topological polar surface area (TPSA) is 36.4 Å². The predicted octanol–water partition coefficient (Wildman–Crippen LogP) is 4.04. The van der Waals surface area contributed by atoms with Crippen LogP contribution in [0.25, 0.3) is 0 Å². The first-order valence-electron chi connectivity index (χ1n) is 6.48. The highest BCUT2D eigenvalue weighted by Gasteiger charge is 1.95. The van der Waals surface area contributed by atoms with E-state index in [1.54, 1.807) is 18.0 Å². The van der Waals surface area contributed by atoms with Gasteiger partial charge in [-0.05, 0) is 55.2 Å². The third-order valence-corrected chi connectivity index (χ3v) is 3.74. The fraction of sp³-hybridized carbons (Fsp3) is 0.125. The lowest BCUT2D eigenvalue weighted by Gasteiger charge is -2.06. The van der Waals surface area contributed by atoms with Crippen molar-refractivity contribution in [2.24, 2.45) is 5.10 Å². The van der Waals surface area contributed by atoms with Gasteiger partial charge in [0.25, 0.3) is 0 Å². The molecule has 2 aromatic rings. The number of anilines is 1. The zero-order chi connectivity index (χ0) is 15.1. The number of hydrazone groups is 1. The van der Waals surface area contributed by atoms with Crippen LogP contribution in [0.2, 0.25) is 0 Å². The van der Waals surface area contributed by atoms with Crippen molar-refractivity contribution in [2.45, 2.75) is 11.8 Å². The highest BCUT2D eigenvalue weighted by molar-refractivity contribution is 7.98. The minimum atomic E-state index is 0.468. The first kappa shape index (κ1) is 15.5. The molecule has 0 saturated carbocycles. The van der Waals surface area contributed by atoms with E-state index < -0.39 is 0 Å². The van der Waals surface area contributed by atoms with E-state index in [-0.39, 0.29) is 0 Å². The molecule has 0 amide bonds. The molecule has 0 atom stereocenters. The van der Waals surface area contributed by atoms with Crippen molar-refractivity contribution in [3.63, 3.8) is 0 Å². The van der Waals surface area contributed by atoms with Crippen molar-refractivity contribution in [3.8, 4) is 0 Å². The SMILES string of the molecule is CSc1ccc(/C=N\NC(=S)Nc2ccc(C)cc2)cc1. The molecule has 0 spiro atoms. The summed E-state index contributed by atoms with van der Waals surface area (Å²) in [6.07, 6.45) is 3.80. The van der Waals surface area contributed by atoms with Crippen molar-refractivity contribution in [3.05, 3.63) is 59.7 Å². The Bertz CT molecular complexity index is 619. The highest BCUT2D eigenvalue weighted by atomic mass is 32.2. The molecule has 108 valence electrons. The summed E-state index contributed by atoms with van der Waals surface area (Å²) in [6, 6.07) is 16.2. The van der Waals surface area contributed by atoms with E-state index in [1.807, 2.05) is 43.3 Å². The first-order chi connectivity index (χ1) is 10.2. The molecule has 0 aliphatic carbocycles. The van der Waals surface area contributed by atoms with E-state index >= 15 is 0 Å². The Morgan fingerprint density at radius 2 is 1.76 bits per heavy atom. The molecule has 21 heavy (non-hydrogen) atoms. The molecule has 5 heteroatoms. The van der Waals surface area contributed by atoms with Gasteiger partial charge in [-0.1, -0.05) is 29.8 Å². The molecule has 0 unspecified atom stereocenters. The summed E-state index contributed by atoms with van der Waals surface area (Å²) in [6.45, 7) is 2.05. The maximum atomic E-state index is 5.18. The summed E-state index contributed by atoms with van der Waals surface area (Å²) in [5.74, 6) is 0. The lowest BCUT2D eigenvalue weighted by atomic mass is 10.2. The van der Waals surface area contributed by atoms with E-state index in [0.29, 0.717) is 5.11 Å². The van der Waals surface area contributed by atoms with Crippen LogP contribution in [0.1, 0.15) is 11.1 Å². The van der Waals surface area contributed by atoms with Crippen LogP contribution in [0.5, 0.6) is 0 Å². The lowest BCUT2D eigenvalue weighted by molar-refractivity contribution is 1.05. The molecule has 0 bridgehead atoms. The zero-order valence-electron chi connectivity index (χ0n) is 12.0. The number of aryl methyl sites for hydroxylation is 1. The van der Waals surface area contributed by atoms with Crippen molar-refractivity contribution in [1.29, 1.82) is 0 Å². The maximum Gasteiger partial charge on any atom is 0.191 e. The summed E-state index contributed by atoms with van der Waals surface area (Å²) in [4.78, 5) is 1.23. The van der Waals surface area contributed by atoms with Gasteiger partial charge in [-0.3, -0.25) is 5.43 Å². The van der Waals surface area contributed by atoms with Crippen LogP contribution in [0.3, 0.4) is 0 Å². The van der Waals surface area contributed by atoms with Crippen LogP contribution in [-0.4, -0.2) is 17.6 Å². The van der Waals surface area contributed by atoms with Gasteiger partial charge in [0.2, 0.25) is 0 Å². The van der Waals surface area contributed by atoms with Crippen LogP contribution >= 0.6 is 24.0 Å². The molecule has 0 aliphatic heterocycles. The summed E-state index contributed by atoms with van der Waals surface area (Å²) in [5.41, 5.74) is 5.99. The zero-order valence-corrected chi connectivity index (χ0v) is 13.6. The van der Waals surface area contributed by atoms with Crippen LogP contribution in [0.15, 0.2) is 58.5 Å². The van der Waals surface area contributed by atoms with Gasteiger partial charge in [0.15, 0.2) is 5.11 Å². The van der Waals surface area contributed by atoms with E-state index in [4.69, 9.17) is 12.2 Å². The standard InChI is InChI=1S/C16H17N3S2/c1-12-3-7-14(8-4-12)18-16(20)19-17-11-13-5-9-15(21-2)10-6-13/h3-11H,1-2H3,(H2,18,19,20)/b17-11-. The molecule has 2 N–H and O–H groups in total. The molecule has 0 radical (unpaired) electrons. The molecular weight excluding hydrogens is 298 g/mol. The van der Waals surface area contributed by atoms with Gasteiger partial charge >= 0.3 is 0 Å². The summed E-state index contributed by atoms with van der Waals surface area (Å²) >= 11 is 6.90. The third kappa shape index (κ3) is 5.21. The highest BCUT2D eigenvalue weighted by Crippen LogP contribution is 2.13. The average Bonchev–Trinajstić information content (AvgIpc) is 2.50. The Morgan fingerprint density at radius 3 is 2.38 bits per heavy atom. The Hall–Kier alpha value is -1.85. The third-order valence-electron chi connectivity index (χ3n) is 2.80. The summed E-state index contributed by atoms with van der Waals surface area (Å²) < 4.78 is 0. The number of benzene rings is 2. The molecule has 0 heterocycles. The predicted molar refractivity (Wildman–Crippen MR) is 96.4 cm³/mol. The van der Waals surface area contributed by atoms with Crippen LogP contribution in [-0.2, 0) is 0 Å². The first-order valence-corrected chi connectivity index (χ1v) is 8.11. The maximum absolute atomic E-state index is 5.18. The van der Waals surface area contributed by atoms with E-state index in [9.17, 15) is 0 Å². The number of hydrogen-bond donors (Lipinski definition) is 2. The smallest absolute Gasteiger partial charge is 0.191 e. The lowest BCUT2D eigenvalue weighted by Crippen LogP contribution is -2.23. The normalized spacial score (nSPS) is 10.6. The van der Waals surface area contributed by atoms with Gasteiger partial charge in [-0.2, -0.15) is 5.10 Å². The molecule has 0 aliphatic rings. The molecule has 2 rings (SSSR count). The van der Waals surface area contributed by atoms with Crippen LogP contribution in [0, 0.1) is 6.92 Å². The number of rotatable bonds is 4. The van der Waals surface area contributed by atoms with Gasteiger partial charge in [0, 0.05) is 10.6 Å². The molecule has 0 fully saturated rings. The quantitative estimate of drug-likeness (QED) is 0.386. The van der Waals surface area contributed by atoms with Crippen LogP contribution in [0.4, 0.5) is 5.69 Å². The fourth-order valence-corrected chi connectivity index (χ4v) is 2.23. The Balaban J connectivity index is 1.85. The summed E-state index contributed by atoms with van der Waals surface area (Å²) in [5, 5.41) is 7.67. The molecule has 3 nitrogen and oxygen atoms in total. The van der Waals surface area contributed by atoms with Crippen molar-refractivity contribution < 1.29 is 0 Å². The Labute approximate surface area is 134 Å². The fourth-order valence-electron chi connectivity index (χ4n) is 1.65. The molecule has 2 aromatic carbocycles. The van der Waals surface area contributed by atoms with E-state index in [2.05, 4.69) is 34.2 Å². The monoisotopic (exact) mass is 315 g/mol. The molecule has 0 saturated heterocycles. The number of nitrogens with one attached hydrogen (secondary N) is 2. The number of hydrogen-bond acceptors (Lipinski definition) is 3. The number of thioether (sulfide) groups is 1. The van der Waals surface area contributed by atoms with Crippen LogP contribution < -0.4 is 10.7 Å². The Morgan fingerprint density at radius 1 is 1.10 bits per heavy atom. The second-order valence-corrected chi connectivity index (χ2v) is 5.75. The van der Waals surface area contributed by atoms with Crippen molar-refractivity contribution in [2.75, 3.05) is 11.6 Å². The van der Waals surface area contributed by atoms with Gasteiger partial charge < -0.3 is 5.32 Å². The van der Waals surface area contributed by atoms with E-state index in [1.165, 1.54) is 10.5 Å². The largest absolute Gasteiger partial charge is 0.331 e. The van der Waals surface area contributed by atoms with Gasteiger partial charge in [-0.15, -0.1) is 11.8 Å².